The summed E-state index contributed by atoms with van der Waals surface area (Å²) in [7, 11) is 0. The first-order valence-electron chi connectivity index (χ1n) is 7.79. The Morgan fingerprint density at radius 3 is 2.42 bits per heavy atom. The molecule has 0 atom stereocenters. The highest BCUT2D eigenvalue weighted by Crippen LogP contribution is 2.30. The zero-order valence-electron chi connectivity index (χ0n) is 13.8. The van der Waals surface area contributed by atoms with Gasteiger partial charge in [-0.3, -0.25) is 9.36 Å². The predicted octanol–water partition coefficient (Wildman–Crippen LogP) is 4.85. The Kier molecular flexibility index (Phi) is 5.18. The number of aromatic nitrogens is 2. The largest absolute Gasteiger partial charge is 0.433 e. The number of hydrogen-bond donors (Lipinski definition) is 0. The van der Waals surface area contributed by atoms with Crippen molar-refractivity contribution in [1.29, 1.82) is 0 Å². The smallest absolute Gasteiger partial charge is 0.269 e. The normalized spacial score (nSPS) is 11.5. The molecule has 0 spiro atoms. The molecule has 0 radical (unpaired) electrons. The van der Waals surface area contributed by atoms with E-state index >= 15 is 0 Å². The average Bonchev–Trinajstić information content (AvgIpc) is 2.59. The van der Waals surface area contributed by atoms with Crippen molar-refractivity contribution in [1.82, 2.24) is 9.55 Å². The Morgan fingerprint density at radius 1 is 1.04 bits per heavy atom. The lowest BCUT2D eigenvalue weighted by Crippen LogP contribution is -2.24. The first-order chi connectivity index (χ1) is 12.3. The first-order valence-corrected chi connectivity index (χ1v) is 8.78. The zero-order valence-corrected chi connectivity index (χ0v) is 14.6. The molecule has 0 aliphatic rings. The van der Waals surface area contributed by atoms with Crippen LogP contribution in [0.5, 0.6) is 0 Å². The van der Waals surface area contributed by atoms with Crippen LogP contribution in [0.15, 0.2) is 70.6 Å². The summed E-state index contributed by atoms with van der Waals surface area (Å²) in [6.45, 7) is 1.94. The van der Waals surface area contributed by atoms with Crippen molar-refractivity contribution in [3.05, 3.63) is 87.8 Å². The van der Waals surface area contributed by atoms with Gasteiger partial charge < -0.3 is 0 Å². The van der Waals surface area contributed by atoms with Crippen LogP contribution < -0.4 is 5.56 Å². The van der Waals surface area contributed by atoms with Crippen molar-refractivity contribution < 1.29 is 13.2 Å². The number of aryl methyl sites for hydroxylation is 1. The second kappa shape index (κ2) is 7.37. The molecule has 1 heterocycles. The highest BCUT2D eigenvalue weighted by atomic mass is 32.2. The van der Waals surface area contributed by atoms with Gasteiger partial charge in [-0.2, -0.15) is 13.2 Å². The lowest BCUT2D eigenvalue weighted by molar-refractivity contribution is -0.141. The number of thioether (sulfide) groups is 1. The van der Waals surface area contributed by atoms with E-state index in [4.69, 9.17) is 0 Å². The van der Waals surface area contributed by atoms with Crippen molar-refractivity contribution in [3.63, 3.8) is 0 Å². The molecular weight excluding hydrogens is 361 g/mol. The lowest BCUT2D eigenvalue weighted by atomic mass is 10.2. The summed E-state index contributed by atoms with van der Waals surface area (Å²) >= 11 is 1.10. The van der Waals surface area contributed by atoms with Crippen LogP contribution in [0.4, 0.5) is 13.2 Å². The van der Waals surface area contributed by atoms with Gasteiger partial charge in [0.25, 0.3) is 5.56 Å². The number of para-hydroxylation sites is 1. The maximum absolute atomic E-state index is 13.1. The molecule has 3 rings (SSSR count). The van der Waals surface area contributed by atoms with Gasteiger partial charge in [-0.05, 0) is 24.6 Å². The monoisotopic (exact) mass is 376 g/mol. The third kappa shape index (κ3) is 4.16. The summed E-state index contributed by atoms with van der Waals surface area (Å²) in [6, 6.07) is 16.7. The molecule has 1 aromatic heterocycles. The molecule has 3 nitrogen and oxygen atoms in total. The fourth-order valence-corrected chi connectivity index (χ4v) is 3.43. The number of rotatable bonds is 4. The second-order valence-electron chi connectivity index (χ2n) is 5.71. The highest BCUT2D eigenvalue weighted by molar-refractivity contribution is 7.98. The third-order valence-corrected chi connectivity index (χ3v) is 4.65. The number of nitrogens with zero attached hydrogens (tertiary/aromatic N) is 2. The molecule has 0 aliphatic carbocycles. The van der Waals surface area contributed by atoms with E-state index < -0.39 is 17.4 Å². The van der Waals surface area contributed by atoms with E-state index in [0.717, 1.165) is 22.9 Å². The van der Waals surface area contributed by atoms with E-state index in [0.29, 0.717) is 17.5 Å². The summed E-state index contributed by atoms with van der Waals surface area (Å²) in [4.78, 5) is 16.1. The number of hydrogen-bond acceptors (Lipinski definition) is 3. The van der Waals surface area contributed by atoms with Crippen LogP contribution in [0, 0.1) is 6.92 Å². The van der Waals surface area contributed by atoms with Crippen molar-refractivity contribution in [3.8, 4) is 5.69 Å². The van der Waals surface area contributed by atoms with E-state index in [-0.39, 0.29) is 5.16 Å². The van der Waals surface area contributed by atoms with Gasteiger partial charge in [0, 0.05) is 11.8 Å². The van der Waals surface area contributed by atoms with Crippen LogP contribution in [0.25, 0.3) is 5.69 Å². The minimum absolute atomic E-state index is 0.0116. The lowest BCUT2D eigenvalue weighted by Gasteiger charge is -2.14. The molecule has 0 unspecified atom stereocenters. The second-order valence-corrected chi connectivity index (χ2v) is 6.65. The van der Waals surface area contributed by atoms with Gasteiger partial charge in [0.05, 0.1) is 5.69 Å². The van der Waals surface area contributed by atoms with Gasteiger partial charge in [0.2, 0.25) is 0 Å². The maximum Gasteiger partial charge on any atom is 0.433 e. The fraction of sp³-hybridized carbons (Fsp3) is 0.158. The number of halogens is 3. The van der Waals surface area contributed by atoms with Crippen molar-refractivity contribution in [2.24, 2.45) is 0 Å². The summed E-state index contributed by atoms with van der Waals surface area (Å²) in [6.07, 6.45) is -4.67. The molecule has 0 amide bonds. The molecule has 3 aromatic rings. The van der Waals surface area contributed by atoms with Crippen LogP contribution in [-0.2, 0) is 11.9 Å². The third-order valence-electron chi connectivity index (χ3n) is 3.64. The van der Waals surface area contributed by atoms with E-state index in [1.165, 1.54) is 4.57 Å². The Hall–Kier alpha value is -2.54. The van der Waals surface area contributed by atoms with Crippen LogP contribution in [0.3, 0.4) is 0 Å². The Balaban J connectivity index is 2.05. The standard InChI is InChI=1S/C19H15F3N2OS/c1-13-6-5-7-14(10-13)12-26-18-23-16(19(20,21)22)11-17(25)24(18)15-8-3-2-4-9-15/h2-11H,12H2,1H3. The maximum atomic E-state index is 13.1. The first kappa shape index (κ1) is 18.3. The summed E-state index contributed by atoms with van der Waals surface area (Å²) in [5.74, 6) is 0.405. The van der Waals surface area contributed by atoms with Crippen LogP contribution >= 0.6 is 11.8 Å². The summed E-state index contributed by atoms with van der Waals surface area (Å²) < 4.78 is 40.4. The molecule has 7 heteroatoms. The number of benzene rings is 2. The Bertz CT molecular complexity index is 969. The van der Waals surface area contributed by atoms with Crippen molar-refractivity contribution in [2.45, 2.75) is 24.0 Å². The highest BCUT2D eigenvalue weighted by Gasteiger charge is 2.34. The molecule has 2 aromatic carbocycles. The topological polar surface area (TPSA) is 34.9 Å². The van der Waals surface area contributed by atoms with E-state index in [1.807, 2.05) is 31.2 Å². The van der Waals surface area contributed by atoms with E-state index in [9.17, 15) is 18.0 Å². The van der Waals surface area contributed by atoms with Crippen LogP contribution in [0.1, 0.15) is 16.8 Å². The average molecular weight is 376 g/mol. The fourth-order valence-electron chi connectivity index (χ4n) is 2.47. The van der Waals surface area contributed by atoms with Crippen LogP contribution in [0.2, 0.25) is 0 Å². The Morgan fingerprint density at radius 2 is 1.77 bits per heavy atom. The van der Waals surface area contributed by atoms with Gasteiger partial charge in [0.15, 0.2) is 10.9 Å². The molecular formula is C19H15F3N2OS. The van der Waals surface area contributed by atoms with E-state index in [1.54, 1.807) is 30.3 Å². The van der Waals surface area contributed by atoms with Crippen LogP contribution in [-0.4, -0.2) is 9.55 Å². The zero-order chi connectivity index (χ0) is 18.7. The quantitative estimate of drug-likeness (QED) is 0.482. The SMILES string of the molecule is Cc1cccc(CSc2nc(C(F)(F)F)cc(=O)n2-c2ccccc2)c1. The van der Waals surface area contributed by atoms with Gasteiger partial charge in [-0.25, -0.2) is 4.98 Å². The molecule has 0 saturated carbocycles. The minimum atomic E-state index is -4.67. The molecule has 0 fully saturated rings. The molecule has 134 valence electrons. The summed E-state index contributed by atoms with van der Waals surface area (Å²) in [5.41, 5.74) is 0.541. The van der Waals surface area contributed by atoms with Crippen molar-refractivity contribution >= 4 is 11.8 Å². The van der Waals surface area contributed by atoms with Gasteiger partial charge in [-0.1, -0.05) is 59.8 Å². The molecule has 0 N–H and O–H groups in total. The van der Waals surface area contributed by atoms with Gasteiger partial charge >= 0.3 is 6.18 Å². The van der Waals surface area contributed by atoms with E-state index in [2.05, 4.69) is 4.98 Å². The Labute approximate surface area is 152 Å². The predicted molar refractivity (Wildman–Crippen MR) is 95.6 cm³/mol. The number of alkyl halides is 3. The minimum Gasteiger partial charge on any atom is -0.269 e. The van der Waals surface area contributed by atoms with Gasteiger partial charge in [-0.15, -0.1) is 0 Å². The molecule has 26 heavy (non-hydrogen) atoms. The summed E-state index contributed by atoms with van der Waals surface area (Å²) in [5, 5.41) is 0.0116. The van der Waals surface area contributed by atoms with Gasteiger partial charge in [0.1, 0.15) is 0 Å². The molecule has 0 bridgehead atoms. The molecule has 0 saturated heterocycles. The molecule has 0 aliphatic heterocycles. The van der Waals surface area contributed by atoms with Crippen molar-refractivity contribution in [2.75, 3.05) is 0 Å².